The molecule has 48 heavy (non-hydrogen) atoms. The first-order valence-corrected chi connectivity index (χ1v) is 15.9. The summed E-state index contributed by atoms with van der Waals surface area (Å²) in [6.07, 6.45) is 0. The lowest BCUT2D eigenvalue weighted by Crippen LogP contribution is -2.09. The van der Waals surface area contributed by atoms with Crippen LogP contribution in [0, 0.1) is 0 Å². The number of rotatable bonds is 5. The van der Waals surface area contributed by atoms with Crippen molar-refractivity contribution in [3.63, 3.8) is 0 Å². The molecule has 0 amide bonds. The maximum Gasteiger partial charge on any atom is 0.227 e. The Labute approximate surface area is 274 Å². The predicted octanol–water partition coefficient (Wildman–Crippen LogP) is 12.4. The van der Waals surface area contributed by atoms with Crippen LogP contribution in [0.25, 0.3) is 77.6 Å². The Morgan fingerprint density at radius 3 is 1.83 bits per heavy atom. The molecule has 0 unspecified atom stereocenters. The number of hydrogen-bond donors (Lipinski definition) is 0. The molecule has 5 nitrogen and oxygen atoms in total. The number of oxazole rings is 1. The van der Waals surface area contributed by atoms with Gasteiger partial charge in [0.2, 0.25) is 5.89 Å². The number of aromatic nitrogens is 1. The standard InChI is InChI=1S/C43H26N2O3/c1-3-9-28(10-4-1)43-44-37-25-36-34-21-17-29(23-40(34)47-41(36)26-42(37)48-43)27-15-18-31(19-16-27)45(30-11-5-2-6-12-30)32-20-22-39-35(24-32)33-13-7-8-14-38(33)46-39/h1-26H. The highest BCUT2D eigenvalue weighted by molar-refractivity contribution is 6.10. The van der Waals surface area contributed by atoms with Crippen molar-refractivity contribution in [1.82, 2.24) is 4.98 Å². The zero-order valence-electron chi connectivity index (χ0n) is 25.6. The molecule has 5 heteroatoms. The van der Waals surface area contributed by atoms with E-state index in [0.717, 1.165) is 83.1 Å². The molecule has 0 fully saturated rings. The average molecular weight is 619 g/mol. The van der Waals surface area contributed by atoms with E-state index in [4.69, 9.17) is 18.2 Å². The normalized spacial score (nSPS) is 11.8. The number of fused-ring (bicyclic) bond motifs is 7. The minimum absolute atomic E-state index is 0.606. The van der Waals surface area contributed by atoms with Crippen LogP contribution >= 0.6 is 0 Å². The van der Waals surface area contributed by atoms with Gasteiger partial charge in [0.25, 0.3) is 0 Å². The van der Waals surface area contributed by atoms with E-state index >= 15 is 0 Å². The summed E-state index contributed by atoms with van der Waals surface area (Å²) in [6.45, 7) is 0. The van der Waals surface area contributed by atoms with Crippen LogP contribution in [0.3, 0.4) is 0 Å². The Balaban J connectivity index is 1.02. The quantitative estimate of drug-likeness (QED) is 0.192. The van der Waals surface area contributed by atoms with Gasteiger partial charge in [0, 0.05) is 50.2 Å². The minimum atomic E-state index is 0.606. The van der Waals surface area contributed by atoms with Crippen molar-refractivity contribution in [2.45, 2.75) is 0 Å². The lowest BCUT2D eigenvalue weighted by atomic mass is 10.0. The van der Waals surface area contributed by atoms with Gasteiger partial charge < -0.3 is 18.2 Å². The summed E-state index contributed by atoms with van der Waals surface area (Å²) in [5.74, 6) is 0.606. The first-order valence-electron chi connectivity index (χ1n) is 15.9. The largest absolute Gasteiger partial charge is 0.456 e. The molecular formula is C43H26N2O3. The van der Waals surface area contributed by atoms with Gasteiger partial charge in [-0.25, -0.2) is 4.98 Å². The third-order valence-electron chi connectivity index (χ3n) is 9.09. The molecule has 3 aromatic heterocycles. The molecule has 0 saturated heterocycles. The third kappa shape index (κ3) is 4.29. The molecule has 7 aromatic carbocycles. The molecule has 10 aromatic rings. The van der Waals surface area contributed by atoms with Gasteiger partial charge in [0.1, 0.15) is 27.8 Å². The monoisotopic (exact) mass is 618 g/mol. The first-order chi connectivity index (χ1) is 23.7. The smallest absolute Gasteiger partial charge is 0.227 e. The topological polar surface area (TPSA) is 55.6 Å². The number of nitrogens with zero attached hydrogens (tertiary/aromatic N) is 2. The van der Waals surface area contributed by atoms with Crippen LogP contribution in [0.1, 0.15) is 0 Å². The Bertz CT molecular complexity index is 2770. The first kappa shape index (κ1) is 26.6. The molecule has 0 spiro atoms. The molecular weight excluding hydrogens is 592 g/mol. The summed E-state index contributed by atoms with van der Waals surface area (Å²) in [4.78, 5) is 7.04. The van der Waals surface area contributed by atoms with E-state index < -0.39 is 0 Å². The lowest BCUT2D eigenvalue weighted by molar-refractivity contribution is 0.617. The van der Waals surface area contributed by atoms with Crippen LogP contribution in [-0.4, -0.2) is 4.98 Å². The third-order valence-corrected chi connectivity index (χ3v) is 9.09. The Morgan fingerprint density at radius 2 is 0.979 bits per heavy atom. The molecule has 0 radical (unpaired) electrons. The molecule has 0 atom stereocenters. The van der Waals surface area contributed by atoms with Crippen LogP contribution in [0.15, 0.2) is 171 Å². The van der Waals surface area contributed by atoms with Crippen molar-refractivity contribution in [1.29, 1.82) is 0 Å². The molecule has 226 valence electrons. The Kier molecular flexibility index (Phi) is 5.81. The lowest BCUT2D eigenvalue weighted by Gasteiger charge is -2.25. The van der Waals surface area contributed by atoms with Crippen molar-refractivity contribution in [2.24, 2.45) is 0 Å². The highest BCUT2D eigenvalue weighted by Crippen LogP contribution is 2.40. The maximum absolute atomic E-state index is 6.37. The van der Waals surface area contributed by atoms with E-state index in [-0.39, 0.29) is 0 Å². The molecule has 0 aliphatic rings. The fraction of sp³-hybridized carbons (Fsp3) is 0. The highest BCUT2D eigenvalue weighted by atomic mass is 16.4. The summed E-state index contributed by atoms with van der Waals surface area (Å²) >= 11 is 0. The highest BCUT2D eigenvalue weighted by Gasteiger charge is 2.17. The van der Waals surface area contributed by atoms with Gasteiger partial charge in [-0.1, -0.05) is 72.8 Å². The van der Waals surface area contributed by atoms with E-state index in [1.54, 1.807) is 0 Å². The van der Waals surface area contributed by atoms with Gasteiger partial charge in [0.15, 0.2) is 5.58 Å². The second kappa shape index (κ2) is 10.5. The van der Waals surface area contributed by atoms with E-state index in [9.17, 15) is 0 Å². The van der Waals surface area contributed by atoms with Crippen molar-refractivity contribution in [3.05, 3.63) is 158 Å². The second-order valence-electron chi connectivity index (χ2n) is 12.0. The number of anilines is 3. The minimum Gasteiger partial charge on any atom is -0.456 e. The van der Waals surface area contributed by atoms with Crippen LogP contribution in [-0.2, 0) is 0 Å². The van der Waals surface area contributed by atoms with Crippen molar-refractivity contribution >= 4 is 72.0 Å². The fourth-order valence-electron chi connectivity index (χ4n) is 6.76. The van der Waals surface area contributed by atoms with E-state index in [1.165, 1.54) is 0 Å². The molecule has 0 N–H and O–H groups in total. The zero-order valence-corrected chi connectivity index (χ0v) is 25.6. The molecule has 0 aliphatic carbocycles. The van der Waals surface area contributed by atoms with Gasteiger partial charge >= 0.3 is 0 Å². The van der Waals surface area contributed by atoms with E-state index in [2.05, 4.69) is 108 Å². The molecule has 10 rings (SSSR count). The SMILES string of the molecule is c1ccc(-c2nc3cc4c(cc3o2)oc2cc(-c3ccc(N(c5ccccc5)c5ccc6oc7ccccc7c6c5)cc3)ccc24)cc1. The van der Waals surface area contributed by atoms with Gasteiger partial charge in [-0.3, -0.25) is 0 Å². The van der Waals surface area contributed by atoms with Crippen LogP contribution in [0.4, 0.5) is 17.1 Å². The van der Waals surface area contributed by atoms with Crippen molar-refractivity contribution in [3.8, 4) is 22.6 Å². The summed E-state index contributed by atoms with van der Waals surface area (Å²) in [6, 6.07) is 54.1. The summed E-state index contributed by atoms with van der Waals surface area (Å²) < 4.78 is 18.6. The Morgan fingerprint density at radius 1 is 0.354 bits per heavy atom. The number of para-hydroxylation sites is 2. The fourth-order valence-corrected chi connectivity index (χ4v) is 6.76. The van der Waals surface area contributed by atoms with Crippen molar-refractivity contribution < 1.29 is 13.3 Å². The summed E-state index contributed by atoms with van der Waals surface area (Å²) in [5, 5.41) is 4.28. The second-order valence-corrected chi connectivity index (χ2v) is 12.0. The Hall–Kier alpha value is -6.59. The molecule has 0 bridgehead atoms. The number of benzene rings is 7. The van der Waals surface area contributed by atoms with E-state index in [1.807, 2.05) is 54.6 Å². The predicted molar refractivity (Wildman–Crippen MR) is 194 cm³/mol. The van der Waals surface area contributed by atoms with Gasteiger partial charge in [0.05, 0.1) is 0 Å². The molecule has 3 heterocycles. The molecule has 0 saturated carbocycles. The maximum atomic E-state index is 6.37. The van der Waals surface area contributed by atoms with Gasteiger partial charge in [-0.15, -0.1) is 0 Å². The van der Waals surface area contributed by atoms with Crippen LogP contribution in [0.2, 0.25) is 0 Å². The van der Waals surface area contributed by atoms with Gasteiger partial charge in [-0.2, -0.15) is 0 Å². The number of hydrogen-bond acceptors (Lipinski definition) is 5. The van der Waals surface area contributed by atoms with Gasteiger partial charge in [-0.05, 0) is 90.0 Å². The summed E-state index contributed by atoms with van der Waals surface area (Å²) in [5.41, 5.74) is 11.2. The summed E-state index contributed by atoms with van der Waals surface area (Å²) in [7, 11) is 0. The molecule has 0 aliphatic heterocycles. The van der Waals surface area contributed by atoms with Crippen molar-refractivity contribution in [2.75, 3.05) is 4.90 Å². The average Bonchev–Trinajstić information content (AvgIpc) is 3.84. The van der Waals surface area contributed by atoms with Crippen LogP contribution < -0.4 is 4.90 Å². The zero-order chi connectivity index (χ0) is 31.6. The van der Waals surface area contributed by atoms with Crippen LogP contribution in [0.5, 0.6) is 0 Å². The number of furan rings is 2. The van der Waals surface area contributed by atoms with E-state index in [0.29, 0.717) is 11.5 Å².